The van der Waals surface area contributed by atoms with E-state index in [9.17, 15) is 4.79 Å². The molecular weight excluding hydrogens is 226 g/mol. The summed E-state index contributed by atoms with van der Waals surface area (Å²) in [4.78, 5) is 16.2. The summed E-state index contributed by atoms with van der Waals surface area (Å²) in [5.74, 6) is 0.348. The third kappa shape index (κ3) is 1.79. The zero-order valence-corrected chi connectivity index (χ0v) is 10.3. The molecule has 4 heteroatoms. The first-order chi connectivity index (χ1) is 8.71. The van der Waals surface area contributed by atoms with Gasteiger partial charge in [0, 0.05) is 19.4 Å². The van der Waals surface area contributed by atoms with E-state index in [2.05, 4.69) is 22.4 Å². The lowest BCUT2D eigenvalue weighted by atomic mass is 10.1. The van der Waals surface area contributed by atoms with Gasteiger partial charge in [0.05, 0.1) is 5.54 Å². The Bertz CT molecular complexity index is 570. The molecule has 18 heavy (non-hydrogen) atoms. The lowest BCUT2D eigenvalue weighted by Crippen LogP contribution is -2.36. The standard InChI is InChI=1S/C14H15N3O/c1-17-10-9-15-12(17)13(18)16-14(7-8-14)11-5-3-2-4-6-11/h2-6,9-10H,7-8H2,1H3,(H,16,18). The zero-order valence-electron chi connectivity index (χ0n) is 10.3. The molecule has 0 bridgehead atoms. The Hall–Kier alpha value is -2.10. The highest BCUT2D eigenvalue weighted by Gasteiger charge is 2.46. The van der Waals surface area contributed by atoms with Gasteiger partial charge in [-0.3, -0.25) is 4.79 Å². The molecule has 1 aromatic carbocycles. The Morgan fingerprint density at radius 3 is 2.61 bits per heavy atom. The van der Waals surface area contributed by atoms with Crippen molar-refractivity contribution >= 4 is 5.91 Å². The summed E-state index contributed by atoms with van der Waals surface area (Å²) in [6, 6.07) is 10.1. The van der Waals surface area contributed by atoms with Crippen LogP contribution in [0.2, 0.25) is 0 Å². The topological polar surface area (TPSA) is 46.9 Å². The summed E-state index contributed by atoms with van der Waals surface area (Å²) >= 11 is 0. The summed E-state index contributed by atoms with van der Waals surface area (Å²) in [5.41, 5.74) is 0.997. The summed E-state index contributed by atoms with van der Waals surface area (Å²) in [7, 11) is 1.82. The minimum Gasteiger partial charge on any atom is -0.340 e. The SMILES string of the molecule is Cn1ccnc1C(=O)NC1(c2ccccc2)CC1. The number of carbonyl (C=O) groups is 1. The summed E-state index contributed by atoms with van der Waals surface area (Å²) in [6.45, 7) is 0. The molecule has 0 unspecified atom stereocenters. The monoisotopic (exact) mass is 241 g/mol. The van der Waals surface area contributed by atoms with Crippen molar-refractivity contribution in [2.24, 2.45) is 7.05 Å². The molecule has 1 N–H and O–H groups in total. The molecule has 1 aliphatic carbocycles. The highest BCUT2D eigenvalue weighted by Crippen LogP contribution is 2.45. The smallest absolute Gasteiger partial charge is 0.287 e. The molecule has 92 valence electrons. The van der Waals surface area contributed by atoms with Crippen LogP contribution in [0.4, 0.5) is 0 Å². The summed E-state index contributed by atoms with van der Waals surface area (Å²) in [5, 5.41) is 3.10. The molecule has 0 spiro atoms. The number of nitrogens with one attached hydrogen (secondary N) is 1. The van der Waals surface area contributed by atoms with Crippen molar-refractivity contribution in [3.05, 3.63) is 54.1 Å². The van der Waals surface area contributed by atoms with E-state index in [0.29, 0.717) is 5.82 Å². The van der Waals surface area contributed by atoms with Gasteiger partial charge < -0.3 is 9.88 Å². The fourth-order valence-corrected chi connectivity index (χ4v) is 2.23. The van der Waals surface area contributed by atoms with Gasteiger partial charge in [-0.25, -0.2) is 4.98 Å². The largest absolute Gasteiger partial charge is 0.340 e. The molecule has 1 heterocycles. The van der Waals surface area contributed by atoms with Crippen LogP contribution in [-0.4, -0.2) is 15.5 Å². The van der Waals surface area contributed by atoms with Crippen molar-refractivity contribution in [3.63, 3.8) is 0 Å². The van der Waals surface area contributed by atoms with Crippen LogP contribution in [0, 0.1) is 0 Å². The van der Waals surface area contributed by atoms with E-state index >= 15 is 0 Å². The molecule has 0 saturated heterocycles. The number of benzene rings is 1. The Morgan fingerprint density at radius 2 is 2.06 bits per heavy atom. The van der Waals surface area contributed by atoms with E-state index in [-0.39, 0.29) is 11.4 Å². The van der Waals surface area contributed by atoms with E-state index in [1.807, 2.05) is 25.2 Å². The minimum atomic E-state index is -0.176. The fourth-order valence-electron chi connectivity index (χ4n) is 2.23. The van der Waals surface area contributed by atoms with E-state index in [0.717, 1.165) is 12.8 Å². The van der Waals surface area contributed by atoms with Crippen LogP contribution in [0.1, 0.15) is 29.0 Å². The Labute approximate surface area is 106 Å². The first kappa shape index (κ1) is 11.0. The van der Waals surface area contributed by atoms with Gasteiger partial charge in [-0.2, -0.15) is 0 Å². The van der Waals surface area contributed by atoms with Crippen LogP contribution in [0.25, 0.3) is 0 Å². The first-order valence-corrected chi connectivity index (χ1v) is 6.07. The quantitative estimate of drug-likeness (QED) is 0.891. The molecule has 3 rings (SSSR count). The van der Waals surface area contributed by atoms with Crippen LogP contribution in [-0.2, 0) is 12.6 Å². The number of hydrogen-bond donors (Lipinski definition) is 1. The second-order valence-electron chi connectivity index (χ2n) is 4.76. The highest BCUT2D eigenvalue weighted by molar-refractivity contribution is 5.91. The van der Waals surface area contributed by atoms with Gasteiger partial charge in [-0.1, -0.05) is 30.3 Å². The van der Waals surface area contributed by atoms with Crippen molar-refractivity contribution in [2.75, 3.05) is 0 Å². The Kier molecular flexibility index (Phi) is 2.44. The van der Waals surface area contributed by atoms with Gasteiger partial charge in [0.15, 0.2) is 5.82 Å². The Balaban J connectivity index is 1.82. The lowest BCUT2D eigenvalue weighted by molar-refractivity contribution is 0.0917. The lowest BCUT2D eigenvalue weighted by Gasteiger charge is -2.17. The maximum atomic E-state index is 12.2. The highest BCUT2D eigenvalue weighted by atomic mass is 16.2. The molecule has 0 aliphatic heterocycles. The normalized spacial score (nSPS) is 16.3. The maximum Gasteiger partial charge on any atom is 0.287 e. The average Bonchev–Trinajstić information content (AvgIpc) is 3.04. The first-order valence-electron chi connectivity index (χ1n) is 6.07. The molecule has 1 amide bonds. The second-order valence-corrected chi connectivity index (χ2v) is 4.76. The second kappa shape index (κ2) is 3.98. The molecule has 0 radical (unpaired) electrons. The number of aryl methyl sites for hydroxylation is 1. The third-order valence-electron chi connectivity index (χ3n) is 3.45. The van der Waals surface area contributed by atoms with Crippen molar-refractivity contribution in [1.82, 2.24) is 14.9 Å². The molecule has 1 fully saturated rings. The number of rotatable bonds is 3. The van der Waals surface area contributed by atoms with Gasteiger partial charge in [0.1, 0.15) is 0 Å². The molecule has 1 aromatic heterocycles. The van der Waals surface area contributed by atoms with Gasteiger partial charge >= 0.3 is 0 Å². The molecule has 1 aliphatic rings. The Morgan fingerprint density at radius 1 is 1.33 bits per heavy atom. The van der Waals surface area contributed by atoms with Gasteiger partial charge in [-0.05, 0) is 18.4 Å². The van der Waals surface area contributed by atoms with E-state index in [4.69, 9.17) is 0 Å². The number of hydrogen-bond acceptors (Lipinski definition) is 2. The van der Waals surface area contributed by atoms with Gasteiger partial charge in [-0.15, -0.1) is 0 Å². The van der Waals surface area contributed by atoms with Crippen LogP contribution in [0.15, 0.2) is 42.7 Å². The van der Waals surface area contributed by atoms with Crippen LogP contribution in [0.5, 0.6) is 0 Å². The predicted molar refractivity (Wildman–Crippen MR) is 68.0 cm³/mol. The predicted octanol–water partition coefficient (Wildman–Crippen LogP) is 1.84. The molecular formula is C14H15N3O. The molecule has 0 atom stereocenters. The van der Waals surface area contributed by atoms with Crippen LogP contribution >= 0.6 is 0 Å². The third-order valence-corrected chi connectivity index (χ3v) is 3.45. The number of nitrogens with zero attached hydrogens (tertiary/aromatic N) is 2. The zero-order chi connectivity index (χ0) is 12.6. The molecule has 2 aromatic rings. The van der Waals surface area contributed by atoms with Crippen molar-refractivity contribution in [3.8, 4) is 0 Å². The van der Waals surface area contributed by atoms with E-state index in [1.54, 1.807) is 17.0 Å². The molecule has 1 saturated carbocycles. The van der Waals surface area contributed by atoms with Crippen LogP contribution < -0.4 is 5.32 Å². The fraction of sp³-hybridized carbons (Fsp3) is 0.286. The van der Waals surface area contributed by atoms with E-state index in [1.165, 1.54) is 5.56 Å². The number of imidazole rings is 1. The average molecular weight is 241 g/mol. The van der Waals surface area contributed by atoms with Crippen molar-refractivity contribution in [1.29, 1.82) is 0 Å². The summed E-state index contributed by atoms with van der Waals surface area (Å²) < 4.78 is 1.73. The van der Waals surface area contributed by atoms with Crippen molar-refractivity contribution in [2.45, 2.75) is 18.4 Å². The molecule has 4 nitrogen and oxygen atoms in total. The van der Waals surface area contributed by atoms with E-state index < -0.39 is 0 Å². The van der Waals surface area contributed by atoms with Crippen molar-refractivity contribution < 1.29 is 4.79 Å². The minimum absolute atomic E-state index is 0.108. The number of amides is 1. The van der Waals surface area contributed by atoms with Gasteiger partial charge in [0.2, 0.25) is 0 Å². The van der Waals surface area contributed by atoms with Crippen LogP contribution in [0.3, 0.4) is 0 Å². The number of aromatic nitrogens is 2. The number of carbonyl (C=O) groups excluding carboxylic acids is 1. The summed E-state index contributed by atoms with van der Waals surface area (Å²) in [6.07, 6.45) is 5.40. The van der Waals surface area contributed by atoms with Gasteiger partial charge in [0.25, 0.3) is 5.91 Å². The maximum absolute atomic E-state index is 12.2.